The first-order valence-electron chi connectivity index (χ1n) is 6.52. The van der Waals surface area contributed by atoms with Gasteiger partial charge in [-0.3, -0.25) is 4.79 Å². The second-order valence-corrected chi connectivity index (χ2v) is 4.75. The van der Waals surface area contributed by atoms with Crippen LogP contribution in [0.3, 0.4) is 0 Å². The lowest BCUT2D eigenvalue weighted by molar-refractivity contribution is 0.373. The van der Waals surface area contributed by atoms with Gasteiger partial charge in [0.1, 0.15) is 11.6 Å². The quantitative estimate of drug-likeness (QED) is 0.877. The third-order valence-electron chi connectivity index (χ3n) is 3.20. The van der Waals surface area contributed by atoms with Crippen molar-refractivity contribution >= 4 is 6.21 Å². The molecule has 6 nitrogen and oxygen atoms in total. The molecule has 1 aromatic carbocycles. The summed E-state index contributed by atoms with van der Waals surface area (Å²) in [5.41, 5.74) is 1.53. The van der Waals surface area contributed by atoms with E-state index in [1.165, 1.54) is 24.1 Å². The number of nitriles is 1. The molecule has 0 bridgehead atoms. The average Bonchev–Trinajstić information content (AvgIpc) is 2.48. The molecule has 2 rings (SSSR count). The lowest BCUT2D eigenvalue weighted by atomic mass is 10.1. The maximum Gasteiger partial charge on any atom is 0.289 e. The van der Waals surface area contributed by atoms with E-state index in [1.807, 2.05) is 6.07 Å². The molecule has 0 fully saturated rings. The van der Waals surface area contributed by atoms with Crippen molar-refractivity contribution in [3.05, 3.63) is 57.0 Å². The van der Waals surface area contributed by atoms with E-state index < -0.39 is 5.56 Å². The van der Waals surface area contributed by atoms with E-state index >= 15 is 0 Å². The van der Waals surface area contributed by atoms with Gasteiger partial charge in [0.25, 0.3) is 5.56 Å². The molecule has 112 valence electrons. The maximum absolute atomic E-state index is 12.2. The summed E-state index contributed by atoms with van der Waals surface area (Å²) in [6.45, 7) is 3.45. The van der Waals surface area contributed by atoms with E-state index in [2.05, 4.69) is 5.10 Å². The van der Waals surface area contributed by atoms with Crippen LogP contribution in [0.15, 0.2) is 34.2 Å². The predicted octanol–water partition coefficient (Wildman–Crippen LogP) is 1.93. The summed E-state index contributed by atoms with van der Waals surface area (Å²) in [4.78, 5) is 12.2. The van der Waals surface area contributed by atoms with Gasteiger partial charge >= 0.3 is 0 Å². The fraction of sp³-hybridized carbons (Fsp3) is 0.188. The Kier molecular flexibility index (Phi) is 4.28. The zero-order valence-electron chi connectivity index (χ0n) is 12.5. The molecule has 0 saturated heterocycles. The fourth-order valence-corrected chi connectivity index (χ4v) is 2.06. The number of ether oxygens (including phenoxy) is 1. The summed E-state index contributed by atoms with van der Waals surface area (Å²) in [7, 11) is 1.45. The summed E-state index contributed by atoms with van der Waals surface area (Å²) in [5, 5.41) is 22.7. The molecule has 6 heteroatoms. The number of pyridine rings is 1. The number of phenolic OH excluding ortho intramolecular Hbond substituents is 1. The molecule has 0 aliphatic rings. The topological polar surface area (TPSA) is 87.6 Å². The first kappa shape index (κ1) is 15.3. The maximum atomic E-state index is 12.2. The standard InChI is InChI=1S/C16H15N3O3/c1-10-6-11(2)19(16(21)13(10)8-17)18-9-12-4-5-14(20)15(7-12)22-3/h4-7,9,20H,1-3H3. The zero-order chi connectivity index (χ0) is 16.3. The average molecular weight is 297 g/mol. The Morgan fingerprint density at radius 3 is 2.73 bits per heavy atom. The number of benzene rings is 1. The highest BCUT2D eigenvalue weighted by atomic mass is 16.5. The molecule has 0 saturated carbocycles. The van der Waals surface area contributed by atoms with Gasteiger partial charge in [-0.1, -0.05) is 0 Å². The molecule has 0 spiro atoms. The minimum absolute atomic E-state index is 0.0232. The highest BCUT2D eigenvalue weighted by molar-refractivity contribution is 5.80. The van der Waals surface area contributed by atoms with E-state index in [0.29, 0.717) is 22.6 Å². The second kappa shape index (κ2) is 6.14. The van der Waals surface area contributed by atoms with Crippen LogP contribution in [0.1, 0.15) is 22.4 Å². The van der Waals surface area contributed by atoms with Crippen molar-refractivity contribution in [3.8, 4) is 17.6 Å². The van der Waals surface area contributed by atoms with E-state index in [4.69, 9.17) is 10.00 Å². The Hall–Kier alpha value is -3.07. The molecule has 0 atom stereocenters. The zero-order valence-corrected chi connectivity index (χ0v) is 12.5. The van der Waals surface area contributed by atoms with Gasteiger partial charge in [0.15, 0.2) is 11.5 Å². The van der Waals surface area contributed by atoms with Crippen molar-refractivity contribution in [2.75, 3.05) is 7.11 Å². The van der Waals surface area contributed by atoms with Gasteiger partial charge in [-0.25, -0.2) is 4.68 Å². The van der Waals surface area contributed by atoms with Gasteiger partial charge in [0.05, 0.1) is 13.3 Å². The Bertz CT molecular complexity index is 845. The fourth-order valence-electron chi connectivity index (χ4n) is 2.06. The Morgan fingerprint density at radius 1 is 1.36 bits per heavy atom. The van der Waals surface area contributed by atoms with Gasteiger partial charge in [-0.05, 0) is 49.2 Å². The van der Waals surface area contributed by atoms with Crippen LogP contribution in [0.5, 0.6) is 11.5 Å². The first-order chi connectivity index (χ1) is 10.5. The minimum atomic E-state index is -0.456. The molecule has 1 N–H and O–H groups in total. The lowest BCUT2D eigenvalue weighted by Crippen LogP contribution is -2.22. The third kappa shape index (κ3) is 2.83. The number of rotatable bonds is 3. The summed E-state index contributed by atoms with van der Waals surface area (Å²) < 4.78 is 6.19. The van der Waals surface area contributed by atoms with Gasteiger partial charge in [-0.2, -0.15) is 10.4 Å². The number of hydrogen-bond acceptors (Lipinski definition) is 5. The number of aromatic hydroxyl groups is 1. The number of nitrogens with zero attached hydrogens (tertiary/aromatic N) is 3. The minimum Gasteiger partial charge on any atom is -0.504 e. The summed E-state index contributed by atoms with van der Waals surface area (Å²) in [6, 6.07) is 8.34. The number of phenols is 1. The Labute approximate surface area is 127 Å². The van der Waals surface area contributed by atoms with Gasteiger partial charge in [0.2, 0.25) is 0 Å². The molecule has 1 heterocycles. The van der Waals surface area contributed by atoms with E-state index in [9.17, 15) is 9.90 Å². The molecule has 2 aromatic rings. The monoisotopic (exact) mass is 297 g/mol. The molecule has 0 unspecified atom stereocenters. The number of hydrogen-bond donors (Lipinski definition) is 1. The van der Waals surface area contributed by atoms with Crippen LogP contribution in [0.25, 0.3) is 0 Å². The van der Waals surface area contributed by atoms with E-state index in [-0.39, 0.29) is 11.3 Å². The first-order valence-corrected chi connectivity index (χ1v) is 6.52. The summed E-state index contributed by atoms with van der Waals surface area (Å²) in [5.74, 6) is 0.338. The van der Waals surface area contributed by atoms with Crippen LogP contribution in [-0.2, 0) is 0 Å². The van der Waals surface area contributed by atoms with Crippen LogP contribution >= 0.6 is 0 Å². The number of aryl methyl sites for hydroxylation is 2. The van der Waals surface area contributed by atoms with Crippen molar-refractivity contribution in [2.45, 2.75) is 13.8 Å². The van der Waals surface area contributed by atoms with Crippen LogP contribution in [-0.4, -0.2) is 23.1 Å². The molecule has 22 heavy (non-hydrogen) atoms. The largest absolute Gasteiger partial charge is 0.504 e. The molecule has 0 amide bonds. The SMILES string of the molecule is COc1cc(C=Nn2c(C)cc(C)c(C#N)c2=O)ccc1O. The van der Waals surface area contributed by atoms with Crippen LogP contribution in [0.2, 0.25) is 0 Å². The molecular formula is C16H15N3O3. The normalized spacial score (nSPS) is 10.6. The highest BCUT2D eigenvalue weighted by Crippen LogP contribution is 2.25. The van der Waals surface area contributed by atoms with Crippen LogP contribution in [0, 0.1) is 25.2 Å². The van der Waals surface area contributed by atoms with Crippen molar-refractivity contribution in [1.82, 2.24) is 4.68 Å². The van der Waals surface area contributed by atoms with E-state index in [1.54, 1.807) is 32.0 Å². The molecule has 0 aliphatic heterocycles. The van der Waals surface area contributed by atoms with Gasteiger partial charge < -0.3 is 9.84 Å². The number of methoxy groups -OCH3 is 1. The molecule has 0 radical (unpaired) electrons. The summed E-state index contributed by atoms with van der Waals surface area (Å²) >= 11 is 0. The molecular weight excluding hydrogens is 282 g/mol. The third-order valence-corrected chi connectivity index (χ3v) is 3.20. The van der Waals surface area contributed by atoms with Crippen molar-refractivity contribution < 1.29 is 9.84 Å². The predicted molar refractivity (Wildman–Crippen MR) is 82.5 cm³/mol. The smallest absolute Gasteiger partial charge is 0.289 e. The highest BCUT2D eigenvalue weighted by Gasteiger charge is 2.09. The van der Waals surface area contributed by atoms with Crippen molar-refractivity contribution in [2.24, 2.45) is 5.10 Å². The van der Waals surface area contributed by atoms with Crippen LogP contribution in [0.4, 0.5) is 0 Å². The Balaban J connectivity index is 2.48. The summed E-state index contributed by atoms with van der Waals surface area (Å²) in [6.07, 6.45) is 1.47. The van der Waals surface area contributed by atoms with Gasteiger partial charge in [-0.15, -0.1) is 0 Å². The Morgan fingerprint density at radius 2 is 2.09 bits per heavy atom. The second-order valence-electron chi connectivity index (χ2n) is 4.75. The van der Waals surface area contributed by atoms with Gasteiger partial charge in [0, 0.05) is 5.69 Å². The van der Waals surface area contributed by atoms with Crippen molar-refractivity contribution in [3.63, 3.8) is 0 Å². The molecule has 0 aliphatic carbocycles. The molecule has 1 aromatic heterocycles. The van der Waals surface area contributed by atoms with Crippen LogP contribution < -0.4 is 10.3 Å². The lowest BCUT2D eigenvalue weighted by Gasteiger charge is -2.07. The number of aromatic nitrogens is 1. The van der Waals surface area contributed by atoms with E-state index in [0.717, 1.165) is 0 Å². The van der Waals surface area contributed by atoms with Crippen molar-refractivity contribution in [1.29, 1.82) is 5.26 Å².